The van der Waals surface area contributed by atoms with E-state index in [2.05, 4.69) is 13.0 Å². The second-order valence-corrected chi connectivity index (χ2v) is 8.77. The number of allylic oxidation sites excluding steroid dienone is 2. The van der Waals surface area contributed by atoms with Crippen LogP contribution >= 0.6 is 0 Å². The standard InChI is InChI=1S/C19H28O3/c1-17-10-4-3-5-12(17)6-7-13-14-8-9-15(20)18(14,2)11-19(21,22)16(13)17/h6,13-14,16,21-22H,3-5,7-11H2,1-2H3/t13-,14-,16+,17-,18-/m0/s1. The van der Waals surface area contributed by atoms with Crippen molar-refractivity contribution in [3.8, 4) is 0 Å². The minimum atomic E-state index is -1.71. The molecule has 5 atom stereocenters. The molecule has 0 saturated heterocycles. The van der Waals surface area contributed by atoms with Gasteiger partial charge in [-0.1, -0.05) is 31.9 Å². The Kier molecular flexibility index (Phi) is 3.01. The third-order valence-electron chi connectivity index (χ3n) is 7.66. The Balaban J connectivity index is 1.82. The lowest BCUT2D eigenvalue weighted by atomic mass is 9.46. The molecule has 3 nitrogen and oxygen atoms in total. The van der Waals surface area contributed by atoms with Gasteiger partial charge in [0, 0.05) is 24.2 Å². The molecule has 3 fully saturated rings. The normalized spacial score (nSPS) is 49.9. The van der Waals surface area contributed by atoms with E-state index in [9.17, 15) is 15.0 Å². The molecule has 0 spiro atoms. The lowest BCUT2D eigenvalue weighted by Crippen LogP contribution is -2.62. The Morgan fingerprint density at radius 2 is 1.91 bits per heavy atom. The number of hydrogen-bond acceptors (Lipinski definition) is 3. The molecular formula is C19H28O3. The predicted molar refractivity (Wildman–Crippen MR) is 83.9 cm³/mol. The van der Waals surface area contributed by atoms with Crippen LogP contribution in [0.15, 0.2) is 11.6 Å². The first-order chi connectivity index (χ1) is 10.3. The molecule has 0 heterocycles. The first-order valence-corrected chi connectivity index (χ1v) is 8.97. The highest BCUT2D eigenvalue weighted by molar-refractivity contribution is 5.87. The highest BCUT2D eigenvalue weighted by atomic mass is 16.5. The highest BCUT2D eigenvalue weighted by Crippen LogP contribution is 2.66. The average Bonchev–Trinajstić information content (AvgIpc) is 2.72. The second-order valence-electron chi connectivity index (χ2n) is 8.77. The molecule has 0 unspecified atom stereocenters. The molecule has 0 amide bonds. The molecule has 0 bridgehead atoms. The SMILES string of the molecule is C[C@]12CCCCC1=CC[C@@H]1[C@H]2C(O)(O)C[C@]2(C)C(=O)CC[C@@H]12. The van der Waals surface area contributed by atoms with Crippen molar-refractivity contribution in [2.24, 2.45) is 28.6 Å². The number of aliphatic hydroxyl groups is 2. The number of fused-ring (bicyclic) bond motifs is 5. The summed E-state index contributed by atoms with van der Waals surface area (Å²) in [6.45, 7) is 4.22. The van der Waals surface area contributed by atoms with Crippen molar-refractivity contribution < 1.29 is 15.0 Å². The fourth-order valence-corrected chi connectivity index (χ4v) is 6.74. The van der Waals surface area contributed by atoms with Crippen LogP contribution in [0.5, 0.6) is 0 Å². The zero-order chi connectivity index (χ0) is 15.8. The van der Waals surface area contributed by atoms with E-state index in [4.69, 9.17) is 0 Å². The first-order valence-electron chi connectivity index (χ1n) is 8.97. The number of ketones is 1. The van der Waals surface area contributed by atoms with Crippen LogP contribution in [0.4, 0.5) is 0 Å². The van der Waals surface area contributed by atoms with Gasteiger partial charge in [-0.2, -0.15) is 0 Å². The van der Waals surface area contributed by atoms with Crippen LogP contribution in [-0.2, 0) is 4.79 Å². The largest absolute Gasteiger partial charge is 0.365 e. The predicted octanol–water partition coefficient (Wildman–Crippen LogP) is 3.20. The lowest BCUT2D eigenvalue weighted by molar-refractivity contribution is -0.285. The number of Topliss-reactive ketones (excluding diaryl/α,β-unsaturated/α-hetero) is 1. The van der Waals surface area contributed by atoms with Gasteiger partial charge in [0.1, 0.15) is 5.78 Å². The maximum atomic E-state index is 12.4. The third-order valence-corrected chi connectivity index (χ3v) is 7.66. The molecule has 0 aromatic rings. The van der Waals surface area contributed by atoms with Crippen molar-refractivity contribution >= 4 is 5.78 Å². The molecule has 0 aromatic heterocycles. The van der Waals surface area contributed by atoms with E-state index in [-0.39, 0.29) is 29.5 Å². The highest BCUT2D eigenvalue weighted by Gasteiger charge is 2.66. The molecule has 0 aliphatic heterocycles. The molecule has 3 heteroatoms. The van der Waals surface area contributed by atoms with Gasteiger partial charge in [0.25, 0.3) is 0 Å². The van der Waals surface area contributed by atoms with Gasteiger partial charge >= 0.3 is 0 Å². The second kappa shape index (κ2) is 4.45. The molecule has 0 aromatic carbocycles. The molecule has 4 aliphatic carbocycles. The molecule has 4 aliphatic rings. The van der Waals surface area contributed by atoms with Crippen molar-refractivity contribution in [3.05, 3.63) is 11.6 Å². The molecule has 2 N–H and O–H groups in total. The van der Waals surface area contributed by atoms with E-state index in [0.29, 0.717) is 12.3 Å². The Hall–Kier alpha value is -0.670. The quantitative estimate of drug-likeness (QED) is 0.534. The van der Waals surface area contributed by atoms with E-state index < -0.39 is 11.2 Å². The van der Waals surface area contributed by atoms with E-state index >= 15 is 0 Å². The van der Waals surface area contributed by atoms with Gasteiger partial charge in [0.05, 0.1) is 0 Å². The summed E-state index contributed by atoms with van der Waals surface area (Å²) in [6.07, 6.45) is 9.65. The number of hydrogen-bond donors (Lipinski definition) is 2. The van der Waals surface area contributed by atoms with Crippen LogP contribution < -0.4 is 0 Å². The summed E-state index contributed by atoms with van der Waals surface area (Å²) >= 11 is 0. The average molecular weight is 304 g/mol. The first kappa shape index (κ1) is 14.9. The van der Waals surface area contributed by atoms with Gasteiger partial charge in [-0.05, 0) is 49.4 Å². The minimum absolute atomic E-state index is 0.0857. The van der Waals surface area contributed by atoms with Gasteiger partial charge in [0.15, 0.2) is 5.79 Å². The Bertz CT molecular complexity index is 549. The van der Waals surface area contributed by atoms with Crippen molar-refractivity contribution in [1.29, 1.82) is 0 Å². The Labute approximate surface area is 132 Å². The fourth-order valence-electron chi connectivity index (χ4n) is 6.74. The van der Waals surface area contributed by atoms with Gasteiger partial charge in [-0.25, -0.2) is 0 Å². The maximum absolute atomic E-state index is 12.4. The van der Waals surface area contributed by atoms with Crippen LogP contribution in [0.25, 0.3) is 0 Å². The van der Waals surface area contributed by atoms with Crippen LogP contribution in [0, 0.1) is 28.6 Å². The van der Waals surface area contributed by atoms with Gasteiger partial charge in [-0.3, -0.25) is 4.79 Å². The number of rotatable bonds is 0. The zero-order valence-electron chi connectivity index (χ0n) is 13.8. The van der Waals surface area contributed by atoms with Gasteiger partial charge in [-0.15, -0.1) is 0 Å². The summed E-state index contributed by atoms with van der Waals surface area (Å²) in [4.78, 5) is 12.4. The lowest BCUT2D eigenvalue weighted by Gasteiger charge is -2.60. The molecule has 122 valence electrons. The van der Waals surface area contributed by atoms with Crippen LogP contribution in [0.1, 0.15) is 65.2 Å². The molecule has 0 radical (unpaired) electrons. The maximum Gasteiger partial charge on any atom is 0.167 e. The van der Waals surface area contributed by atoms with Crippen LogP contribution in [0.2, 0.25) is 0 Å². The summed E-state index contributed by atoms with van der Waals surface area (Å²) in [6, 6.07) is 0. The Morgan fingerprint density at radius 1 is 1.14 bits per heavy atom. The van der Waals surface area contributed by atoms with Crippen molar-refractivity contribution in [1.82, 2.24) is 0 Å². The van der Waals surface area contributed by atoms with Gasteiger partial charge in [0.2, 0.25) is 0 Å². The van der Waals surface area contributed by atoms with Crippen molar-refractivity contribution in [3.63, 3.8) is 0 Å². The fraction of sp³-hybridized carbons (Fsp3) is 0.842. The monoisotopic (exact) mass is 304 g/mol. The third kappa shape index (κ3) is 1.73. The van der Waals surface area contributed by atoms with Crippen molar-refractivity contribution in [2.45, 2.75) is 71.0 Å². The summed E-state index contributed by atoms with van der Waals surface area (Å²) in [5, 5.41) is 22.0. The summed E-state index contributed by atoms with van der Waals surface area (Å²) in [5.74, 6) is -1.00. The number of carbonyl (C=O) groups excluding carboxylic acids is 1. The molecule has 22 heavy (non-hydrogen) atoms. The van der Waals surface area contributed by atoms with E-state index in [1.807, 2.05) is 6.92 Å². The smallest absolute Gasteiger partial charge is 0.167 e. The topological polar surface area (TPSA) is 57.5 Å². The summed E-state index contributed by atoms with van der Waals surface area (Å²) in [7, 11) is 0. The van der Waals surface area contributed by atoms with Crippen molar-refractivity contribution in [2.75, 3.05) is 0 Å². The molecule has 4 rings (SSSR count). The zero-order valence-corrected chi connectivity index (χ0v) is 13.8. The summed E-state index contributed by atoms with van der Waals surface area (Å²) in [5.41, 5.74) is 0.832. The van der Waals surface area contributed by atoms with Crippen LogP contribution in [0.3, 0.4) is 0 Å². The number of carbonyl (C=O) groups is 1. The summed E-state index contributed by atoms with van der Waals surface area (Å²) < 4.78 is 0. The molecular weight excluding hydrogens is 276 g/mol. The van der Waals surface area contributed by atoms with Gasteiger partial charge < -0.3 is 10.2 Å². The molecule has 3 saturated carbocycles. The van der Waals surface area contributed by atoms with E-state index in [0.717, 1.165) is 25.7 Å². The van der Waals surface area contributed by atoms with Crippen LogP contribution in [-0.4, -0.2) is 21.8 Å². The Morgan fingerprint density at radius 3 is 2.68 bits per heavy atom. The minimum Gasteiger partial charge on any atom is -0.365 e. The van der Waals surface area contributed by atoms with E-state index in [1.165, 1.54) is 18.4 Å². The van der Waals surface area contributed by atoms with E-state index in [1.54, 1.807) is 0 Å².